The SMILES string of the molecule is CC(C)(CCCCOCCCOCCCCC(C)(C)S(=O)(=O)O)S(O)(O)O. The zero-order valence-corrected chi connectivity index (χ0v) is 18.6. The molecule has 4 N–H and O–H groups in total. The molecule has 0 aromatic heterocycles. The molecule has 0 aliphatic heterocycles. The predicted molar refractivity (Wildman–Crippen MR) is 109 cm³/mol. The Bertz CT molecular complexity index is 498. The molecule has 10 heteroatoms. The highest BCUT2D eigenvalue weighted by molar-refractivity contribution is 8.20. The Hall–Kier alpha value is 0.0600. The van der Waals surface area contributed by atoms with Gasteiger partial charge in [-0.2, -0.15) is 8.42 Å². The third-order valence-electron chi connectivity index (χ3n) is 4.65. The van der Waals surface area contributed by atoms with Gasteiger partial charge in [0, 0.05) is 26.4 Å². The molecule has 0 aliphatic carbocycles. The van der Waals surface area contributed by atoms with Crippen LogP contribution in [0.5, 0.6) is 0 Å². The molecule has 0 aromatic rings. The molecule has 0 amide bonds. The summed E-state index contributed by atoms with van der Waals surface area (Å²) in [7, 11) is -7.56. The molecule has 8 nitrogen and oxygen atoms in total. The summed E-state index contributed by atoms with van der Waals surface area (Å²) in [5, 5.41) is 0. The van der Waals surface area contributed by atoms with E-state index in [4.69, 9.17) is 14.0 Å². The molecule has 0 spiro atoms. The summed E-state index contributed by atoms with van der Waals surface area (Å²) in [6, 6.07) is 0. The van der Waals surface area contributed by atoms with E-state index in [0.29, 0.717) is 45.7 Å². The minimum atomic E-state index is -4.03. The molecule has 0 bridgehead atoms. The lowest BCUT2D eigenvalue weighted by molar-refractivity contribution is 0.0791. The van der Waals surface area contributed by atoms with Crippen LogP contribution < -0.4 is 0 Å². The van der Waals surface area contributed by atoms with E-state index < -0.39 is 30.5 Å². The Morgan fingerprint density at radius 2 is 1.00 bits per heavy atom. The number of hydrogen-bond donors (Lipinski definition) is 4. The van der Waals surface area contributed by atoms with Crippen LogP contribution in [-0.2, 0) is 19.6 Å². The Balaban J connectivity index is 3.49. The lowest BCUT2D eigenvalue weighted by Crippen LogP contribution is -2.31. The fraction of sp³-hybridized carbons (Fsp3) is 1.00. The summed E-state index contributed by atoms with van der Waals surface area (Å²) >= 11 is 0. The maximum absolute atomic E-state index is 11.2. The van der Waals surface area contributed by atoms with Crippen molar-refractivity contribution >= 4 is 21.0 Å². The van der Waals surface area contributed by atoms with Gasteiger partial charge in [0.05, 0.1) is 20.4 Å². The zero-order chi connectivity index (χ0) is 21.2. The second-order valence-electron chi connectivity index (χ2n) is 8.01. The van der Waals surface area contributed by atoms with Crippen LogP contribution in [-0.4, -0.2) is 62.6 Å². The van der Waals surface area contributed by atoms with Gasteiger partial charge in [0.25, 0.3) is 10.1 Å². The van der Waals surface area contributed by atoms with E-state index in [9.17, 15) is 22.1 Å². The van der Waals surface area contributed by atoms with Crippen molar-refractivity contribution in [2.45, 2.75) is 82.1 Å². The van der Waals surface area contributed by atoms with Gasteiger partial charge in [-0.1, -0.05) is 0 Å². The van der Waals surface area contributed by atoms with Crippen molar-refractivity contribution < 1.29 is 36.1 Å². The molecule has 0 saturated carbocycles. The highest BCUT2D eigenvalue weighted by Crippen LogP contribution is 2.50. The third-order valence-corrected chi connectivity index (χ3v) is 7.94. The standard InChI is InChI=1S/C17H38O8S2/c1-16(2,26(18,19)20)10-5-7-12-24-14-9-15-25-13-8-6-11-17(3,4)27(21,22)23/h18-20H,5-15H2,1-4H3,(H,21,22,23). The van der Waals surface area contributed by atoms with Gasteiger partial charge in [-0.25, -0.2) is 0 Å². The van der Waals surface area contributed by atoms with Crippen LogP contribution >= 0.6 is 10.9 Å². The molecule has 0 aliphatic rings. The quantitative estimate of drug-likeness (QED) is 0.207. The minimum absolute atomic E-state index is 0.389. The van der Waals surface area contributed by atoms with Gasteiger partial charge >= 0.3 is 0 Å². The molecule has 0 saturated heterocycles. The predicted octanol–water partition coefficient (Wildman–Crippen LogP) is 4.42. The van der Waals surface area contributed by atoms with Gasteiger partial charge in [-0.15, -0.1) is 0 Å². The molecule has 0 fully saturated rings. The van der Waals surface area contributed by atoms with Crippen LogP contribution in [0, 0.1) is 0 Å². The van der Waals surface area contributed by atoms with Crippen molar-refractivity contribution in [2.75, 3.05) is 26.4 Å². The fourth-order valence-electron chi connectivity index (χ4n) is 2.24. The smallest absolute Gasteiger partial charge is 0.270 e. The van der Waals surface area contributed by atoms with Crippen LogP contribution in [0.2, 0.25) is 0 Å². The van der Waals surface area contributed by atoms with Crippen LogP contribution in [0.3, 0.4) is 0 Å². The third kappa shape index (κ3) is 11.6. The molecular formula is C17H38O8S2. The Morgan fingerprint density at radius 1 is 0.630 bits per heavy atom. The van der Waals surface area contributed by atoms with Gasteiger partial charge in [-0.3, -0.25) is 4.55 Å². The van der Waals surface area contributed by atoms with E-state index in [1.807, 2.05) is 0 Å². The van der Waals surface area contributed by atoms with Crippen molar-refractivity contribution in [2.24, 2.45) is 0 Å². The average molecular weight is 435 g/mol. The lowest BCUT2D eigenvalue weighted by Gasteiger charge is -2.37. The number of rotatable bonds is 16. The molecule has 0 aromatic carbocycles. The van der Waals surface area contributed by atoms with E-state index in [2.05, 4.69) is 0 Å². The van der Waals surface area contributed by atoms with Gasteiger partial charge in [0.1, 0.15) is 0 Å². The maximum atomic E-state index is 11.2. The Morgan fingerprint density at radius 3 is 1.37 bits per heavy atom. The first kappa shape index (κ1) is 27.1. The highest BCUT2D eigenvalue weighted by Gasteiger charge is 2.35. The normalized spacial score (nSPS) is 14.5. The largest absolute Gasteiger partial charge is 0.381 e. The Kier molecular flexibility index (Phi) is 11.9. The minimum Gasteiger partial charge on any atom is -0.381 e. The lowest BCUT2D eigenvalue weighted by atomic mass is 10.1. The van der Waals surface area contributed by atoms with E-state index >= 15 is 0 Å². The van der Waals surface area contributed by atoms with Crippen molar-refractivity contribution in [3.63, 3.8) is 0 Å². The van der Waals surface area contributed by atoms with E-state index in [0.717, 1.165) is 25.7 Å². The van der Waals surface area contributed by atoms with Crippen LogP contribution in [0.1, 0.15) is 72.6 Å². The first-order valence-corrected chi connectivity index (χ1v) is 12.3. The van der Waals surface area contributed by atoms with Crippen LogP contribution in [0.4, 0.5) is 0 Å². The van der Waals surface area contributed by atoms with Crippen LogP contribution in [0.15, 0.2) is 0 Å². The number of unbranched alkanes of at least 4 members (excludes halogenated alkanes) is 2. The van der Waals surface area contributed by atoms with E-state index in [-0.39, 0.29) is 0 Å². The van der Waals surface area contributed by atoms with Gasteiger partial charge in [0.2, 0.25) is 0 Å². The molecule has 27 heavy (non-hydrogen) atoms. The van der Waals surface area contributed by atoms with Gasteiger partial charge in [0.15, 0.2) is 0 Å². The van der Waals surface area contributed by atoms with Crippen molar-refractivity contribution in [3.05, 3.63) is 0 Å². The Labute approximate surface area is 166 Å². The molecular weight excluding hydrogens is 396 g/mol. The molecule has 0 radical (unpaired) electrons. The number of hydrogen-bond acceptors (Lipinski definition) is 7. The summed E-state index contributed by atoms with van der Waals surface area (Å²) in [6.45, 7) is 8.55. The maximum Gasteiger partial charge on any atom is 0.270 e. The summed E-state index contributed by atoms with van der Waals surface area (Å²) in [5.74, 6) is 0. The van der Waals surface area contributed by atoms with Crippen LogP contribution in [0.25, 0.3) is 0 Å². The summed E-state index contributed by atoms with van der Waals surface area (Å²) in [6.07, 6.45) is 4.58. The zero-order valence-electron chi connectivity index (χ0n) is 17.0. The second kappa shape index (κ2) is 11.9. The average Bonchev–Trinajstić information content (AvgIpc) is 2.49. The molecule has 0 atom stereocenters. The highest BCUT2D eigenvalue weighted by atomic mass is 32.3. The van der Waals surface area contributed by atoms with Crippen molar-refractivity contribution in [1.82, 2.24) is 0 Å². The summed E-state index contributed by atoms with van der Waals surface area (Å²) in [4.78, 5) is 0. The first-order valence-electron chi connectivity index (χ1n) is 9.33. The number of ether oxygens (including phenoxy) is 2. The van der Waals surface area contributed by atoms with Crippen molar-refractivity contribution in [3.8, 4) is 0 Å². The van der Waals surface area contributed by atoms with Gasteiger partial charge < -0.3 is 23.1 Å². The van der Waals surface area contributed by atoms with Crippen molar-refractivity contribution in [1.29, 1.82) is 0 Å². The second-order valence-corrected chi connectivity index (χ2v) is 12.2. The molecule has 0 unspecified atom stereocenters. The monoisotopic (exact) mass is 434 g/mol. The topological polar surface area (TPSA) is 134 Å². The fourth-order valence-corrected chi connectivity index (χ4v) is 3.06. The molecule has 0 rings (SSSR count). The van der Waals surface area contributed by atoms with Gasteiger partial charge in [-0.05, 0) is 72.6 Å². The summed E-state index contributed by atoms with van der Waals surface area (Å²) < 4.78 is 68.3. The molecule has 166 valence electrons. The molecule has 0 heterocycles. The summed E-state index contributed by atoms with van der Waals surface area (Å²) in [5.41, 5.74) is 0. The first-order chi connectivity index (χ1) is 12.2. The van der Waals surface area contributed by atoms with E-state index in [1.54, 1.807) is 13.8 Å². The van der Waals surface area contributed by atoms with E-state index in [1.165, 1.54) is 13.8 Å².